The van der Waals surface area contributed by atoms with E-state index >= 15 is 0 Å². The molecule has 2 rings (SSSR count). The fourth-order valence-electron chi connectivity index (χ4n) is 2.41. The molecule has 0 radical (unpaired) electrons. The van der Waals surface area contributed by atoms with Crippen molar-refractivity contribution >= 4 is 27.6 Å². The summed E-state index contributed by atoms with van der Waals surface area (Å²) < 4.78 is 25.5. The lowest BCUT2D eigenvalue weighted by atomic mass is 10.00. The van der Waals surface area contributed by atoms with Crippen molar-refractivity contribution in [2.24, 2.45) is 10.7 Å². The normalized spacial score (nSPS) is 12.5. The molecule has 26 heavy (non-hydrogen) atoms. The summed E-state index contributed by atoms with van der Waals surface area (Å²) in [4.78, 5) is 3.93. The summed E-state index contributed by atoms with van der Waals surface area (Å²) in [5, 5.41) is 3.16. The lowest BCUT2D eigenvalue weighted by Crippen LogP contribution is -2.26. The number of hydrogen-bond donors (Lipinski definition) is 3. The van der Waals surface area contributed by atoms with E-state index in [4.69, 9.17) is 5.73 Å². The zero-order valence-electron chi connectivity index (χ0n) is 14.9. The highest BCUT2D eigenvalue weighted by atomic mass is 32.2. The molecule has 0 amide bonds. The monoisotopic (exact) mass is 372 g/mol. The van der Waals surface area contributed by atoms with E-state index in [0.29, 0.717) is 5.70 Å². The number of anilines is 1. The van der Waals surface area contributed by atoms with Gasteiger partial charge < -0.3 is 11.1 Å². The predicted octanol–water partition coefficient (Wildman–Crippen LogP) is 2.31. The summed E-state index contributed by atoms with van der Waals surface area (Å²) in [6, 6.07) is 15.9. The van der Waals surface area contributed by atoms with Crippen LogP contribution in [0.15, 0.2) is 59.6 Å². The van der Waals surface area contributed by atoms with E-state index in [1.165, 1.54) is 7.05 Å². The number of allylic oxidation sites excluding steroid dienone is 1. The molecule has 138 valence electrons. The van der Waals surface area contributed by atoms with Gasteiger partial charge in [-0.05, 0) is 36.4 Å². The number of rotatable bonds is 8. The zero-order valence-corrected chi connectivity index (χ0v) is 15.8. The van der Waals surface area contributed by atoms with Crippen molar-refractivity contribution in [3.05, 3.63) is 60.2 Å². The van der Waals surface area contributed by atoms with E-state index < -0.39 is 10.0 Å². The van der Waals surface area contributed by atoms with Crippen LogP contribution in [0.1, 0.15) is 5.56 Å². The average Bonchev–Trinajstić information content (AvgIpc) is 2.67. The first kappa shape index (κ1) is 19.7. The van der Waals surface area contributed by atoms with Crippen molar-refractivity contribution in [1.82, 2.24) is 4.72 Å². The number of hydrogen-bond acceptors (Lipinski definition) is 5. The maximum Gasteiger partial charge on any atom is 0.213 e. The molecule has 0 bridgehead atoms. The summed E-state index contributed by atoms with van der Waals surface area (Å²) in [7, 11) is -0.192. The first-order chi connectivity index (χ1) is 12.5. The molecule has 0 fully saturated rings. The fraction of sp³-hybridized carbons (Fsp3) is 0.211. The van der Waals surface area contributed by atoms with E-state index in [1.54, 1.807) is 19.3 Å². The molecule has 2 aromatic rings. The van der Waals surface area contributed by atoms with Crippen molar-refractivity contribution in [1.29, 1.82) is 0 Å². The van der Waals surface area contributed by atoms with Gasteiger partial charge in [-0.25, -0.2) is 13.1 Å². The van der Waals surface area contributed by atoms with Gasteiger partial charge in [0.1, 0.15) is 0 Å². The molecule has 0 atom stereocenters. The standard InChI is InChI=1S/C19H24N4O2S/c1-21-11-10-18(20)17-14-16(15-6-4-3-5-7-15)8-9-19(17)23-12-13-26(24,25)22-2/h3-11,14,22-23H,12-13,20H2,1-2H3. The number of nitrogens with one attached hydrogen (secondary N) is 2. The van der Waals surface area contributed by atoms with Gasteiger partial charge in [0.05, 0.1) is 5.75 Å². The van der Waals surface area contributed by atoms with Crippen molar-refractivity contribution < 1.29 is 8.42 Å². The molecule has 4 N–H and O–H groups in total. The summed E-state index contributed by atoms with van der Waals surface area (Å²) in [6.45, 7) is 0.274. The van der Waals surface area contributed by atoms with Gasteiger partial charge in [-0.1, -0.05) is 36.4 Å². The van der Waals surface area contributed by atoms with E-state index in [-0.39, 0.29) is 12.3 Å². The average molecular weight is 372 g/mol. The van der Waals surface area contributed by atoms with Crippen LogP contribution in [0.2, 0.25) is 0 Å². The maximum absolute atomic E-state index is 11.6. The number of nitrogens with two attached hydrogens (primary N) is 1. The Morgan fingerprint density at radius 1 is 1.15 bits per heavy atom. The minimum absolute atomic E-state index is 0.0244. The van der Waals surface area contributed by atoms with Crippen LogP contribution < -0.4 is 15.8 Å². The van der Waals surface area contributed by atoms with Gasteiger partial charge in [0.15, 0.2) is 0 Å². The SMILES string of the molecule is CN=CC=C(N)c1cc(-c2ccccc2)ccc1NCCS(=O)(=O)NC. The van der Waals surface area contributed by atoms with E-state index in [2.05, 4.69) is 15.0 Å². The second-order valence-electron chi connectivity index (χ2n) is 5.61. The number of aliphatic imine (C=N–C) groups is 1. The third-order valence-electron chi connectivity index (χ3n) is 3.84. The fourth-order valence-corrected chi connectivity index (χ4v) is 2.99. The molecule has 2 aromatic carbocycles. The minimum Gasteiger partial charge on any atom is -0.398 e. The van der Waals surface area contributed by atoms with E-state index in [0.717, 1.165) is 22.4 Å². The Balaban J connectivity index is 2.34. The molecule has 7 heteroatoms. The van der Waals surface area contributed by atoms with Crippen LogP contribution in [0.4, 0.5) is 5.69 Å². The predicted molar refractivity (Wildman–Crippen MR) is 110 cm³/mol. The highest BCUT2D eigenvalue weighted by molar-refractivity contribution is 7.89. The Morgan fingerprint density at radius 2 is 1.88 bits per heavy atom. The Kier molecular flexibility index (Phi) is 6.94. The Morgan fingerprint density at radius 3 is 2.54 bits per heavy atom. The van der Waals surface area contributed by atoms with Gasteiger partial charge in [0.2, 0.25) is 10.0 Å². The molecule has 0 aliphatic rings. The van der Waals surface area contributed by atoms with Crippen LogP contribution >= 0.6 is 0 Å². The summed E-state index contributed by atoms with van der Waals surface area (Å²) >= 11 is 0. The van der Waals surface area contributed by atoms with Crippen LogP contribution in [-0.4, -0.2) is 41.0 Å². The topological polar surface area (TPSA) is 96.6 Å². The maximum atomic E-state index is 11.6. The van der Waals surface area contributed by atoms with Crippen molar-refractivity contribution in [3.8, 4) is 11.1 Å². The number of nitrogens with zero attached hydrogens (tertiary/aromatic N) is 1. The smallest absolute Gasteiger partial charge is 0.213 e. The first-order valence-electron chi connectivity index (χ1n) is 8.19. The van der Waals surface area contributed by atoms with Crippen LogP contribution in [0.3, 0.4) is 0 Å². The molecule has 0 saturated heterocycles. The second-order valence-corrected chi connectivity index (χ2v) is 7.65. The summed E-state index contributed by atoms with van der Waals surface area (Å²) in [5.41, 5.74) is 10.4. The molecular weight excluding hydrogens is 348 g/mol. The second kappa shape index (κ2) is 9.17. The molecule has 0 aromatic heterocycles. The lowest BCUT2D eigenvalue weighted by Gasteiger charge is -2.14. The van der Waals surface area contributed by atoms with Crippen LogP contribution in [0, 0.1) is 0 Å². The minimum atomic E-state index is -3.27. The highest BCUT2D eigenvalue weighted by Crippen LogP contribution is 2.28. The van der Waals surface area contributed by atoms with E-state index in [9.17, 15) is 8.42 Å². The summed E-state index contributed by atoms with van der Waals surface area (Å²) in [5.74, 6) is -0.0244. The van der Waals surface area contributed by atoms with Gasteiger partial charge in [-0.2, -0.15) is 0 Å². The zero-order chi connectivity index (χ0) is 19.0. The van der Waals surface area contributed by atoms with Gasteiger partial charge in [0, 0.05) is 36.8 Å². The number of benzene rings is 2. The number of sulfonamides is 1. The molecule has 0 aliphatic carbocycles. The molecule has 0 heterocycles. The van der Waals surface area contributed by atoms with E-state index in [1.807, 2.05) is 48.5 Å². The molecule has 0 unspecified atom stereocenters. The Labute approximate surface area is 154 Å². The van der Waals surface area contributed by atoms with Gasteiger partial charge in [-0.15, -0.1) is 0 Å². The third kappa shape index (κ3) is 5.44. The Hall–Kier alpha value is -2.64. The molecule has 6 nitrogen and oxygen atoms in total. The molecule has 0 saturated carbocycles. The largest absolute Gasteiger partial charge is 0.398 e. The third-order valence-corrected chi connectivity index (χ3v) is 5.20. The van der Waals surface area contributed by atoms with Crippen molar-refractivity contribution in [2.45, 2.75) is 0 Å². The highest BCUT2D eigenvalue weighted by Gasteiger charge is 2.10. The molecule has 0 aliphatic heterocycles. The molecular formula is C19H24N4O2S. The van der Waals surface area contributed by atoms with Crippen LogP contribution in [0.25, 0.3) is 16.8 Å². The van der Waals surface area contributed by atoms with Gasteiger partial charge in [-0.3, -0.25) is 4.99 Å². The first-order valence-corrected chi connectivity index (χ1v) is 9.85. The quantitative estimate of drug-likeness (QED) is 0.620. The summed E-state index contributed by atoms with van der Waals surface area (Å²) in [6.07, 6.45) is 3.35. The molecule has 0 spiro atoms. The lowest BCUT2D eigenvalue weighted by molar-refractivity contribution is 0.588. The van der Waals surface area contributed by atoms with Crippen LogP contribution in [-0.2, 0) is 10.0 Å². The Bertz CT molecular complexity index is 891. The van der Waals surface area contributed by atoms with Gasteiger partial charge >= 0.3 is 0 Å². The van der Waals surface area contributed by atoms with Gasteiger partial charge in [0.25, 0.3) is 0 Å². The van der Waals surface area contributed by atoms with Crippen molar-refractivity contribution in [2.75, 3.05) is 31.7 Å². The van der Waals surface area contributed by atoms with Crippen LogP contribution in [0.5, 0.6) is 0 Å². The van der Waals surface area contributed by atoms with Crippen molar-refractivity contribution in [3.63, 3.8) is 0 Å².